The van der Waals surface area contributed by atoms with Crippen LogP contribution in [0.25, 0.3) is 0 Å². The Morgan fingerprint density at radius 1 is 1.32 bits per heavy atom. The highest BCUT2D eigenvalue weighted by molar-refractivity contribution is 5.95. The summed E-state index contributed by atoms with van der Waals surface area (Å²) in [6, 6.07) is 5.91. The third-order valence-electron chi connectivity index (χ3n) is 3.89. The summed E-state index contributed by atoms with van der Waals surface area (Å²) >= 11 is 0. The number of carbonyl (C=O) groups excluding carboxylic acids is 1. The number of rotatable bonds is 1. The van der Waals surface area contributed by atoms with E-state index in [-0.39, 0.29) is 17.6 Å². The van der Waals surface area contributed by atoms with Gasteiger partial charge in [-0.25, -0.2) is 0 Å². The summed E-state index contributed by atoms with van der Waals surface area (Å²) in [4.78, 5) is 14.6. The molecule has 0 radical (unpaired) electrons. The molecule has 1 aliphatic rings. The number of amides is 1. The van der Waals surface area contributed by atoms with E-state index >= 15 is 0 Å². The van der Waals surface area contributed by atoms with Crippen molar-refractivity contribution in [2.45, 2.75) is 46.3 Å². The van der Waals surface area contributed by atoms with Crippen LogP contribution in [0.1, 0.15) is 42.3 Å². The van der Waals surface area contributed by atoms with Crippen LogP contribution in [0.5, 0.6) is 0 Å². The molecule has 1 fully saturated rings. The van der Waals surface area contributed by atoms with Gasteiger partial charge in [-0.3, -0.25) is 4.79 Å². The quantitative estimate of drug-likeness (QED) is 0.778. The highest BCUT2D eigenvalue weighted by Crippen LogP contribution is 2.24. The van der Waals surface area contributed by atoms with Crippen LogP contribution < -0.4 is 0 Å². The molecule has 1 amide bonds. The van der Waals surface area contributed by atoms with E-state index in [1.807, 2.05) is 36.9 Å². The van der Waals surface area contributed by atoms with Gasteiger partial charge >= 0.3 is 0 Å². The first-order valence-electron chi connectivity index (χ1n) is 6.82. The molecule has 2 rings (SSSR count). The summed E-state index contributed by atoms with van der Waals surface area (Å²) in [7, 11) is 0. The van der Waals surface area contributed by atoms with Crippen molar-refractivity contribution in [2.75, 3.05) is 13.2 Å². The summed E-state index contributed by atoms with van der Waals surface area (Å²) < 4.78 is 5.66. The second kappa shape index (κ2) is 4.97. The maximum Gasteiger partial charge on any atom is 0.254 e. The average Bonchev–Trinajstić information content (AvgIpc) is 2.35. The zero-order valence-electron chi connectivity index (χ0n) is 12.5. The van der Waals surface area contributed by atoms with Gasteiger partial charge in [0, 0.05) is 12.1 Å². The fraction of sp³-hybridized carbons (Fsp3) is 0.562. The molecule has 1 aromatic carbocycles. The lowest BCUT2D eigenvalue weighted by Crippen LogP contribution is -2.57. The van der Waals surface area contributed by atoms with Gasteiger partial charge in [0.05, 0.1) is 18.2 Å². The number of nitrogens with zero attached hydrogens (tertiary/aromatic N) is 1. The Morgan fingerprint density at radius 2 is 2.00 bits per heavy atom. The number of hydrogen-bond acceptors (Lipinski definition) is 2. The fourth-order valence-corrected chi connectivity index (χ4v) is 2.37. The molecule has 1 saturated heterocycles. The van der Waals surface area contributed by atoms with Crippen molar-refractivity contribution in [3.8, 4) is 0 Å². The largest absolute Gasteiger partial charge is 0.374 e. The van der Waals surface area contributed by atoms with Gasteiger partial charge < -0.3 is 9.64 Å². The Bertz CT molecular complexity index is 494. The molecule has 1 aliphatic heterocycles. The van der Waals surface area contributed by atoms with Crippen molar-refractivity contribution in [3.63, 3.8) is 0 Å². The monoisotopic (exact) mass is 261 g/mol. The van der Waals surface area contributed by atoms with Crippen LogP contribution >= 0.6 is 0 Å². The maximum absolute atomic E-state index is 12.7. The van der Waals surface area contributed by atoms with Crippen LogP contribution in [-0.4, -0.2) is 35.6 Å². The van der Waals surface area contributed by atoms with Crippen LogP contribution in [-0.2, 0) is 4.74 Å². The highest BCUT2D eigenvalue weighted by atomic mass is 16.5. The number of carbonyl (C=O) groups is 1. The van der Waals surface area contributed by atoms with Gasteiger partial charge in [0.25, 0.3) is 5.91 Å². The summed E-state index contributed by atoms with van der Waals surface area (Å²) in [5.74, 6) is 0.100. The van der Waals surface area contributed by atoms with Gasteiger partial charge in [0.15, 0.2) is 0 Å². The van der Waals surface area contributed by atoms with E-state index in [2.05, 4.69) is 20.8 Å². The molecule has 1 heterocycles. The average molecular weight is 261 g/mol. The van der Waals surface area contributed by atoms with E-state index in [4.69, 9.17) is 4.74 Å². The standard InChI is InChI=1S/C16H23NO2/c1-11-6-7-14(8-12(11)2)15(18)17-9-13(3)19-10-16(17,4)5/h6-8,13H,9-10H2,1-5H3/t13-/m0/s1. The van der Waals surface area contributed by atoms with E-state index < -0.39 is 0 Å². The molecule has 104 valence electrons. The molecular formula is C16H23NO2. The Hall–Kier alpha value is -1.35. The topological polar surface area (TPSA) is 29.5 Å². The Balaban J connectivity index is 2.29. The van der Waals surface area contributed by atoms with E-state index in [9.17, 15) is 4.79 Å². The minimum Gasteiger partial charge on any atom is -0.374 e. The Labute approximate surface area is 115 Å². The number of morpholine rings is 1. The molecule has 1 aromatic rings. The van der Waals surface area contributed by atoms with E-state index in [0.717, 1.165) is 11.1 Å². The molecule has 0 bridgehead atoms. The van der Waals surface area contributed by atoms with Gasteiger partial charge in [-0.2, -0.15) is 0 Å². The SMILES string of the molecule is Cc1ccc(C(=O)N2C[C@H](C)OCC2(C)C)cc1C. The number of hydrogen-bond donors (Lipinski definition) is 0. The number of benzene rings is 1. The third-order valence-corrected chi connectivity index (χ3v) is 3.89. The van der Waals surface area contributed by atoms with Crippen molar-refractivity contribution in [1.29, 1.82) is 0 Å². The molecule has 0 spiro atoms. The van der Waals surface area contributed by atoms with Crippen molar-refractivity contribution in [3.05, 3.63) is 34.9 Å². The van der Waals surface area contributed by atoms with Gasteiger partial charge in [-0.15, -0.1) is 0 Å². The van der Waals surface area contributed by atoms with Crippen LogP contribution in [0, 0.1) is 13.8 Å². The molecular weight excluding hydrogens is 238 g/mol. The predicted molar refractivity (Wildman–Crippen MR) is 76.4 cm³/mol. The first-order chi connectivity index (χ1) is 8.81. The molecule has 0 aromatic heterocycles. The third kappa shape index (κ3) is 2.81. The van der Waals surface area contributed by atoms with E-state index in [1.165, 1.54) is 5.56 Å². The molecule has 19 heavy (non-hydrogen) atoms. The minimum absolute atomic E-state index is 0.100. The smallest absolute Gasteiger partial charge is 0.254 e. The van der Waals surface area contributed by atoms with Gasteiger partial charge in [0.1, 0.15) is 0 Å². The minimum atomic E-state index is -0.248. The lowest BCUT2D eigenvalue weighted by atomic mass is 9.98. The maximum atomic E-state index is 12.7. The molecule has 0 aliphatic carbocycles. The van der Waals surface area contributed by atoms with Crippen LogP contribution in [0.2, 0.25) is 0 Å². The molecule has 3 heteroatoms. The van der Waals surface area contributed by atoms with Gasteiger partial charge in [-0.1, -0.05) is 6.07 Å². The summed E-state index contributed by atoms with van der Waals surface area (Å²) in [5.41, 5.74) is 2.89. The first kappa shape index (κ1) is 14.1. The zero-order valence-corrected chi connectivity index (χ0v) is 12.5. The van der Waals surface area contributed by atoms with E-state index in [0.29, 0.717) is 13.2 Å². The molecule has 3 nitrogen and oxygen atoms in total. The summed E-state index contributed by atoms with van der Waals surface area (Å²) in [5, 5.41) is 0. The van der Waals surface area contributed by atoms with Gasteiger partial charge in [0.2, 0.25) is 0 Å². The second-order valence-electron chi connectivity index (χ2n) is 6.15. The molecule has 1 atom stereocenters. The molecule has 0 N–H and O–H groups in total. The lowest BCUT2D eigenvalue weighted by molar-refractivity contribution is -0.0755. The second-order valence-corrected chi connectivity index (χ2v) is 6.15. The fourth-order valence-electron chi connectivity index (χ4n) is 2.37. The highest BCUT2D eigenvalue weighted by Gasteiger charge is 2.37. The van der Waals surface area contributed by atoms with Crippen LogP contribution in [0.4, 0.5) is 0 Å². The molecule has 0 unspecified atom stereocenters. The lowest BCUT2D eigenvalue weighted by Gasteiger charge is -2.44. The molecule has 0 saturated carbocycles. The van der Waals surface area contributed by atoms with Crippen molar-refractivity contribution >= 4 is 5.91 Å². The van der Waals surface area contributed by atoms with Crippen LogP contribution in [0.15, 0.2) is 18.2 Å². The first-order valence-corrected chi connectivity index (χ1v) is 6.82. The zero-order chi connectivity index (χ0) is 14.2. The number of ether oxygens (including phenoxy) is 1. The van der Waals surface area contributed by atoms with Crippen molar-refractivity contribution in [2.24, 2.45) is 0 Å². The van der Waals surface area contributed by atoms with E-state index in [1.54, 1.807) is 0 Å². The van der Waals surface area contributed by atoms with Crippen molar-refractivity contribution in [1.82, 2.24) is 4.90 Å². The summed E-state index contributed by atoms with van der Waals surface area (Å²) in [6.45, 7) is 11.5. The van der Waals surface area contributed by atoms with Crippen LogP contribution in [0.3, 0.4) is 0 Å². The predicted octanol–water partition coefficient (Wildman–Crippen LogP) is 2.94. The van der Waals surface area contributed by atoms with Crippen molar-refractivity contribution < 1.29 is 9.53 Å². The normalized spacial score (nSPS) is 22.4. The summed E-state index contributed by atoms with van der Waals surface area (Å²) in [6.07, 6.45) is 0.100. The Morgan fingerprint density at radius 3 is 2.63 bits per heavy atom. The van der Waals surface area contributed by atoms with Gasteiger partial charge in [-0.05, 0) is 57.9 Å². The Kier molecular flexibility index (Phi) is 3.68. The number of aryl methyl sites for hydroxylation is 2.